The molecular weight excluding hydrogens is 230 g/mol. The Bertz CT molecular complexity index is 383. The fraction of sp³-hybridized carbons (Fsp3) is 0.538. The number of carbonyl (C=O) groups is 1. The Morgan fingerprint density at radius 2 is 2.50 bits per heavy atom. The maximum absolute atomic E-state index is 11.5. The minimum absolute atomic E-state index is 0.0373. The smallest absolute Gasteiger partial charge is 0.246 e. The van der Waals surface area contributed by atoms with Crippen molar-refractivity contribution in [1.29, 1.82) is 0 Å². The number of anilines is 1. The lowest BCUT2D eigenvalue weighted by molar-refractivity contribution is -0.126. The highest BCUT2D eigenvalue weighted by Crippen LogP contribution is 2.17. The summed E-state index contributed by atoms with van der Waals surface area (Å²) >= 11 is 0. The van der Waals surface area contributed by atoms with Crippen molar-refractivity contribution in [2.45, 2.75) is 19.4 Å². The molecule has 2 heterocycles. The van der Waals surface area contributed by atoms with Gasteiger partial charge in [-0.05, 0) is 25.5 Å². The molecule has 1 fully saturated rings. The first-order valence-electron chi connectivity index (χ1n) is 6.32. The van der Waals surface area contributed by atoms with E-state index >= 15 is 0 Å². The van der Waals surface area contributed by atoms with Crippen LogP contribution in [0.15, 0.2) is 24.4 Å². The summed E-state index contributed by atoms with van der Waals surface area (Å²) in [5.41, 5.74) is 0. The number of hydrogen-bond donors (Lipinski definition) is 1. The maximum Gasteiger partial charge on any atom is 0.246 e. The Morgan fingerprint density at radius 1 is 1.61 bits per heavy atom. The second-order valence-corrected chi connectivity index (χ2v) is 4.32. The molecule has 5 heteroatoms. The van der Waals surface area contributed by atoms with E-state index in [1.807, 2.05) is 25.1 Å². The van der Waals surface area contributed by atoms with Crippen molar-refractivity contribution in [1.82, 2.24) is 10.3 Å². The number of amides is 1. The van der Waals surface area contributed by atoms with Gasteiger partial charge in [-0.15, -0.1) is 0 Å². The molecule has 98 valence electrons. The van der Waals surface area contributed by atoms with Gasteiger partial charge in [0.1, 0.15) is 12.4 Å². The van der Waals surface area contributed by atoms with Crippen LogP contribution in [0.1, 0.15) is 13.3 Å². The number of aromatic nitrogens is 1. The third-order valence-corrected chi connectivity index (χ3v) is 2.96. The second kappa shape index (κ2) is 6.35. The number of hydrogen-bond acceptors (Lipinski definition) is 4. The molecule has 1 aliphatic rings. The van der Waals surface area contributed by atoms with E-state index in [-0.39, 0.29) is 18.6 Å². The molecule has 1 saturated heterocycles. The highest BCUT2D eigenvalue weighted by molar-refractivity contribution is 5.77. The molecule has 5 nitrogen and oxygen atoms in total. The van der Waals surface area contributed by atoms with Crippen LogP contribution in [-0.2, 0) is 9.53 Å². The Hall–Kier alpha value is -1.62. The van der Waals surface area contributed by atoms with Crippen molar-refractivity contribution in [3.8, 4) is 0 Å². The summed E-state index contributed by atoms with van der Waals surface area (Å²) in [6, 6.07) is 6.06. The van der Waals surface area contributed by atoms with Crippen LogP contribution in [-0.4, -0.2) is 43.2 Å². The fourth-order valence-corrected chi connectivity index (χ4v) is 2.09. The van der Waals surface area contributed by atoms with E-state index in [4.69, 9.17) is 4.74 Å². The number of pyridine rings is 1. The van der Waals surface area contributed by atoms with Crippen molar-refractivity contribution in [3.05, 3.63) is 24.4 Å². The quantitative estimate of drug-likeness (QED) is 0.839. The maximum atomic E-state index is 11.5. The molecule has 0 radical (unpaired) electrons. The predicted octanol–water partition coefficient (Wildman–Crippen LogP) is 0.813. The van der Waals surface area contributed by atoms with Crippen LogP contribution in [0, 0.1) is 0 Å². The Balaban J connectivity index is 1.80. The molecule has 0 aliphatic carbocycles. The van der Waals surface area contributed by atoms with E-state index in [1.54, 1.807) is 6.20 Å². The molecular formula is C13H19N3O2. The zero-order chi connectivity index (χ0) is 12.8. The van der Waals surface area contributed by atoms with Crippen LogP contribution in [0.4, 0.5) is 5.82 Å². The van der Waals surface area contributed by atoms with Crippen LogP contribution in [0.5, 0.6) is 0 Å². The van der Waals surface area contributed by atoms with Gasteiger partial charge in [0.25, 0.3) is 0 Å². The van der Waals surface area contributed by atoms with E-state index in [0.717, 1.165) is 25.3 Å². The van der Waals surface area contributed by atoms with Gasteiger partial charge in [-0.3, -0.25) is 4.79 Å². The zero-order valence-corrected chi connectivity index (χ0v) is 10.6. The lowest BCUT2D eigenvalue weighted by Crippen LogP contribution is -2.39. The van der Waals surface area contributed by atoms with Crippen LogP contribution in [0.3, 0.4) is 0 Å². The van der Waals surface area contributed by atoms with Crippen molar-refractivity contribution >= 4 is 11.7 Å². The highest BCUT2D eigenvalue weighted by Gasteiger charge is 2.24. The van der Waals surface area contributed by atoms with Crippen LogP contribution < -0.4 is 10.2 Å². The first-order chi connectivity index (χ1) is 8.79. The molecule has 0 aromatic carbocycles. The molecule has 1 aliphatic heterocycles. The summed E-state index contributed by atoms with van der Waals surface area (Å²) < 4.78 is 5.08. The molecule has 18 heavy (non-hydrogen) atoms. The largest absolute Gasteiger partial charge is 0.372 e. The summed E-state index contributed by atoms with van der Waals surface area (Å²) in [6.45, 7) is 4.34. The molecule has 1 aromatic heterocycles. The summed E-state index contributed by atoms with van der Waals surface area (Å²) in [5.74, 6) is 0.934. The molecule has 2 rings (SSSR count). The number of carbonyl (C=O) groups excluding carboxylic acids is 1. The lowest BCUT2D eigenvalue weighted by Gasteiger charge is -2.17. The normalized spacial score (nSPS) is 18.9. The fourth-order valence-electron chi connectivity index (χ4n) is 2.09. The summed E-state index contributed by atoms with van der Waals surface area (Å²) in [6.07, 6.45) is 2.74. The minimum atomic E-state index is -0.0373. The van der Waals surface area contributed by atoms with Crippen molar-refractivity contribution in [2.24, 2.45) is 0 Å². The molecule has 1 atom stereocenters. The first kappa shape index (κ1) is 12.8. The van der Waals surface area contributed by atoms with Gasteiger partial charge < -0.3 is 15.0 Å². The standard InChI is InChI=1S/C13H19N3O2/c1-2-18-10-13(17)15-11-6-8-16(9-11)12-5-3-4-7-14-12/h3-5,7,11H,2,6,8-10H2,1H3,(H,15,17). The monoisotopic (exact) mass is 249 g/mol. The van der Waals surface area contributed by atoms with Crippen molar-refractivity contribution in [2.75, 3.05) is 31.2 Å². The van der Waals surface area contributed by atoms with Gasteiger partial charge in [0, 0.05) is 31.9 Å². The molecule has 0 spiro atoms. The van der Waals surface area contributed by atoms with Gasteiger partial charge in [0.2, 0.25) is 5.91 Å². The van der Waals surface area contributed by atoms with Gasteiger partial charge in [-0.2, -0.15) is 0 Å². The Morgan fingerprint density at radius 3 is 3.22 bits per heavy atom. The van der Waals surface area contributed by atoms with Crippen molar-refractivity contribution < 1.29 is 9.53 Å². The van der Waals surface area contributed by atoms with Crippen LogP contribution in [0.2, 0.25) is 0 Å². The van der Waals surface area contributed by atoms with Gasteiger partial charge in [0.15, 0.2) is 0 Å². The summed E-state index contributed by atoms with van der Waals surface area (Å²) in [4.78, 5) is 18.0. The summed E-state index contributed by atoms with van der Waals surface area (Å²) in [7, 11) is 0. The molecule has 1 aromatic rings. The highest BCUT2D eigenvalue weighted by atomic mass is 16.5. The average Bonchev–Trinajstić information content (AvgIpc) is 2.86. The van der Waals surface area contributed by atoms with Gasteiger partial charge in [-0.1, -0.05) is 6.07 Å². The predicted molar refractivity (Wildman–Crippen MR) is 69.5 cm³/mol. The average molecular weight is 249 g/mol. The van der Waals surface area contributed by atoms with E-state index < -0.39 is 0 Å². The molecule has 1 unspecified atom stereocenters. The zero-order valence-electron chi connectivity index (χ0n) is 10.6. The number of ether oxygens (including phenoxy) is 1. The van der Waals surface area contributed by atoms with Crippen molar-refractivity contribution in [3.63, 3.8) is 0 Å². The van der Waals surface area contributed by atoms with E-state index in [2.05, 4.69) is 15.2 Å². The molecule has 1 amide bonds. The Kier molecular flexibility index (Phi) is 4.52. The van der Waals surface area contributed by atoms with Gasteiger partial charge in [0.05, 0.1) is 0 Å². The second-order valence-electron chi connectivity index (χ2n) is 4.32. The third kappa shape index (κ3) is 3.43. The topological polar surface area (TPSA) is 54.5 Å². The number of rotatable bonds is 5. The first-order valence-corrected chi connectivity index (χ1v) is 6.32. The number of nitrogens with one attached hydrogen (secondary N) is 1. The SMILES string of the molecule is CCOCC(=O)NC1CCN(c2ccccn2)C1. The Labute approximate surface area is 107 Å². The molecule has 0 bridgehead atoms. The van der Waals surface area contributed by atoms with E-state index in [0.29, 0.717) is 6.61 Å². The molecule has 1 N–H and O–H groups in total. The van der Waals surface area contributed by atoms with Crippen LogP contribution in [0.25, 0.3) is 0 Å². The van der Waals surface area contributed by atoms with Crippen LogP contribution >= 0.6 is 0 Å². The summed E-state index contributed by atoms with van der Waals surface area (Å²) in [5, 5.41) is 2.98. The minimum Gasteiger partial charge on any atom is -0.372 e. The van der Waals surface area contributed by atoms with Gasteiger partial charge >= 0.3 is 0 Å². The third-order valence-electron chi connectivity index (χ3n) is 2.96. The van der Waals surface area contributed by atoms with E-state index in [9.17, 15) is 4.79 Å². The van der Waals surface area contributed by atoms with E-state index in [1.165, 1.54) is 0 Å². The molecule has 0 saturated carbocycles. The lowest BCUT2D eigenvalue weighted by atomic mass is 10.2. The number of nitrogens with zero attached hydrogens (tertiary/aromatic N) is 2. The van der Waals surface area contributed by atoms with Gasteiger partial charge in [-0.25, -0.2) is 4.98 Å².